The predicted molar refractivity (Wildman–Crippen MR) is 71.0 cm³/mol. The highest BCUT2D eigenvalue weighted by Crippen LogP contribution is 2.29. The summed E-state index contributed by atoms with van der Waals surface area (Å²) in [6.07, 6.45) is 10.2. The highest BCUT2D eigenvalue weighted by atomic mass is 19.1. The molecule has 0 radical (unpaired) electrons. The molecule has 0 aromatic carbocycles. The zero-order valence-electron chi connectivity index (χ0n) is 11.3. The lowest BCUT2D eigenvalue weighted by Crippen LogP contribution is -2.43. The van der Waals surface area contributed by atoms with Crippen LogP contribution in [0.15, 0.2) is 0 Å². The van der Waals surface area contributed by atoms with Crippen LogP contribution in [0, 0.1) is 5.92 Å². The van der Waals surface area contributed by atoms with Gasteiger partial charge in [0.05, 0.1) is 0 Å². The van der Waals surface area contributed by atoms with Gasteiger partial charge in [0, 0.05) is 6.04 Å². The maximum absolute atomic E-state index is 13.1. The molecule has 17 heavy (non-hydrogen) atoms. The summed E-state index contributed by atoms with van der Waals surface area (Å²) in [6, 6.07) is 0.703. The van der Waals surface area contributed by atoms with Crippen LogP contribution in [0.2, 0.25) is 0 Å². The fourth-order valence-corrected chi connectivity index (χ4v) is 3.50. The van der Waals surface area contributed by atoms with Crippen LogP contribution in [0.5, 0.6) is 0 Å². The summed E-state index contributed by atoms with van der Waals surface area (Å²) in [4.78, 5) is 2.65. The average Bonchev–Trinajstić information content (AvgIpc) is 2.38. The quantitative estimate of drug-likeness (QED) is 0.714. The molecule has 2 aliphatic rings. The average molecular weight is 241 g/mol. The Labute approximate surface area is 106 Å². The Hall–Kier alpha value is -0.110. The fourth-order valence-electron chi connectivity index (χ4n) is 3.50. The third kappa shape index (κ3) is 3.94. The van der Waals surface area contributed by atoms with Crippen molar-refractivity contribution in [2.45, 2.75) is 76.9 Å². The van der Waals surface area contributed by atoms with Crippen molar-refractivity contribution in [2.75, 3.05) is 13.1 Å². The Morgan fingerprint density at radius 2 is 1.65 bits per heavy atom. The van der Waals surface area contributed by atoms with E-state index in [0.29, 0.717) is 6.04 Å². The second kappa shape index (κ2) is 6.72. The SMILES string of the molecule is CCCCC1CCN(C2CCC(F)CC2)CC1. The second-order valence-electron chi connectivity index (χ2n) is 6.03. The van der Waals surface area contributed by atoms with Gasteiger partial charge < -0.3 is 4.90 Å². The minimum Gasteiger partial charge on any atom is -0.300 e. The van der Waals surface area contributed by atoms with Gasteiger partial charge in [0.1, 0.15) is 6.17 Å². The van der Waals surface area contributed by atoms with Gasteiger partial charge in [-0.05, 0) is 57.5 Å². The molecule has 2 fully saturated rings. The van der Waals surface area contributed by atoms with Crippen LogP contribution in [0.25, 0.3) is 0 Å². The topological polar surface area (TPSA) is 3.24 Å². The van der Waals surface area contributed by atoms with Gasteiger partial charge in [-0.2, -0.15) is 0 Å². The van der Waals surface area contributed by atoms with Crippen molar-refractivity contribution in [3.63, 3.8) is 0 Å². The van der Waals surface area contributed by atoms with Crippen molar-refractivity contribution in [3.05, 3.63) is 0 Å². The van der Waals surface area contributed by atoms with Crippen LogP contribution in [-0.2, 0) is 0 Å². The molecule has 0 bridgehead atoms. The Bertz CT molecular complexity index is 203. The lowest BCUT2D eigenvalue weighted by molar-refractivity contribution is 0.0835. The molecule has 0 N–H and O–H groups in total. The molecule has 1 aliphatic heterocycles. The Kier molecular flexibility index (Phi) is 5.27. The number of hydrogen-bond donors (Lipinski definition) is 0. The van der Waals surface area contributed by atoms with E-state index in [1.54, 1.807) is 0 Å². The largest absolute Gasteiger partial charge is 0.300 e. The molecule has 0 amide bonds. The molecule has 2 heteroatoms. The molecule has 0 unspecified atom stereocenters. The van der Waals surface area contributed by atoms with E-state index in [-0.39, 0.29) is 0 Å². The van der Waals surface area contributed by atoms with Crippen molar-refractivity contribution >= 4 is 0 Å². The zero-order chi connectivity index (χ0) is 12.1. The second-order valence-corrected chi connectivity index (χ2v) is 6.03. The van der Waals surface area contributed by atoms with E-state index in [1.807, 2.05) is 0 Å². The summed E-state index contributed by atoms with van der Waals surface area (Å²) in [5.74, 6) is 0.976. The van der Waals surface area contributed by atoms with Gasteiger partial charge in [-0.1, -0.05) is 26.2 Å². The van der Waals surface area contributed by atoms with E-state index in [0.717, 1.165) is 31.6 Å². The molecular weight excluding hydrogens is 213 g/mol. The van der Waals surface area contributed by atoms with Gasteiger partial charge in [-0.3, -0.25) is 0 Å². The number of halogens is 1. The van der Waals surface area contributed by atoms with Crippen LogP contribution in [0.1, 0.15) is 64.7 Å². The molecule has 1 heterocycles. The van der Waals surface area contributed by atoms with Crippen molar-refractivity contribution in [3.8, 4) is 0 Å². The number of unbranched alkanes of at least 4 members (excludes halogenated alkanes) is 1. The minimum atomic E-state index is -0.506. The number of piperidine rings is 1. The molecule has 0 atom stereocenters. The maximum atomic E-state index is 13.1. The third-order valence-corrected chi connectivity index (χ3v) is 4.76. The summed E-state index contributed by atoms with van der Waals surface area (Å²) in [5.41, 5.74) is 0. The normalized spacial score (nSPS) is 32.8. The Morgan fingerprint density at radius 1 is 1.00 bits per heavy atom. The highest BCUT2D eigenvalue weighted by Gasteiger charge is 2.28. The first kappa shape index (κ1) is 13.3. The monoisotopic (exact) mass is 241 g/mol. The van der Waals surface area contributed by atoms with Crippen molar-refractivity contribution in [1.82, 2.24) is 4.90 Å². The molecule has 0 aromatic heterocycles. The first-order valence-electron chi connectivity index (χ1n) is 7.67. The third-order valence-electron chi connectivity index (χ3n) is 4.76. The lowest BCUT2D eigenvalue weighted by atomic mass is 9.87. The van der Waals surface area contributed by atoms with Gasteiger partial charge in [0.2, 0.25) is 0 Å². The van der Waals surface area contributed by atoms with Gasteiger partial charge >= 0.3 is 0 Å². The molecule has 0 aromatic rings. The van der Waals surface area contributed by atoms with Crippen molar-refractivity contribution in [2.24, 2.45) is 5.92 Å². The Balaban J connectivity index is 1.68. The molecule has 1 saturated carbocycles. The summed E-state index contributed by atoms with van der Waals surface area (Å²) < 4.78 is 13.1. The smallest absolute Gasteiger partial charge is 0.100 e. The lowest BCUT2D eigenvalue weighted by Gasteiger charge is -2.40. The highest BCUT2D eigenvalue weighted by molar-refractivity contribution is 4.83. The fraction of sp³-hybridized carbons (Fsp3) is 1.00. The number of nitrogens with zero attached hydrogens (tertiary/aromatic N) is 1. The Morgan fingerprint density at radius 3 is 2.24 bits per heavy atom. The first-order valence-corrected chi connectivity index (χ1v) is 7.67. The molecule has 1 aliphatic carbocycles. The zero-order valence-corrected chi connectivity index (χ0v) is 11.3. The van der Waals surface area contributed by atoms with E-state index in [2.05, 4.69) is 11.8 Å². The summed E-state index contributed by atoms with van der Waals surface area (Å²) >= 11 is 0. The number of hydrogen-bond acceptors (Lipinski definition) is 1. The molecule has 0 spiro atoms. The van der Waals surface area contributed by atoms with E-state index < -0.39 is 6.17 Å². The van der Waals surface area contributed by atoms with Gasteiger partial charge in [0.25, 0.3) is 0 Å². The number of alkyl halides is 1. The van der Waals surface area contributed by atoms with Crippen molar-refractivity contribution in [1.29, 1.82) is 0 Å². The maximum Gasteiger partial charge on any atom is 0.100 e. The van der Waals surface area contributed by atoms with Crippen molar-refractivity contribution < 1.29 is 4.39 Å². The minimum absolute atomic E-state index is 0.506. The number of rotatable bonds is 4. The molecule has 2 rings (SSSR count). The molecule has 1 saturated heterocycles. The van der Waals surface area contributed by atoms with Crippen LogP contribution in [-0.4, -0.2) is 30.2 Å². The van der Waals surface area contributed by atoms with Crippen LogP contribution in [0.3, 0.4) is 0 Å². The van der Waals surface area contributed by atoms with E-state index in [4.69, 9.17) is 0 Å². The number of likely N-dealkylation sites (tertiary alicyclic amines) is 1. The van der Waals surface area contributed by atoms with Crippen LogP contribution in [0.4, 0.5) is 4.39 Å². The first-order chi connectivity index (χ1) is 8.29. The van der Waals surface area contributed by atoms with E-state index >= 15 is 0 Å². The molecule has 100 valence electrons. The summed E-state index contributed by atoms with van der Waals surface area (Å²) in [7, 11) is 0. The van der Waals surface area contributed by atoms with Gasteiger partial charge in [-0.15, -0.1) is 0 Å². The van der Waals surface area contributed by atoms with E-state index in [9.17, 15) is 4.39 Å². The van der Waals surface area contributed by atoms with Crippen LogP contribution >= 0.6 is 0 Å². The van der Waals surface area contributed by atoms with E-state index in [1.165, 1.54) is 45.2 Å². The molecule has 1 nitrogen and oxygen atoms in total. The van der Waals surface area contributed by atoms with Crippen LogP contribution < -0.4 is 0 Å². The van der Waals surface area contributed by atoms with Gasteiger partial charge in [-0.25, -0.2) is 4.39 Å². The predicted octanol–water partition coefficient (Wildman–Crippen LogP) is 4.17. The summed E-state index contributed by atoms with van der Waals surface area (Å²) in [5, 5.41) is 0. The standard InChI is InChI=1S/C15H28FN/c1-2-3-4-13-9-11-17(12-10-13)15-7-5-14(16)6-8-15/h13-15H,2-12H2,1H3. The molecular formula is C15H28FN. The summed E-state index contributed by atoms with van der Waals surface area (Å²) in [6.45, 7) is 4.83. The van der Waals surface area contributed by atoms with Gasteiger partial charge in [0.15, 0.2) is 0 Å².